The van der Waals surface area contributed by atoms with Crippen LogP contribution in [-0.2, 0) is 4.74 Å². The van der Waals surface area contributed by atoms with Gasteiger partial charge in [-0.15, -0.1) is 0 Å². The molecule has 0 fully saturated rings. The Hall–Kier alpha value is -1.71. The molecule has 1 aromatic carbocycles. The highest BCUT2D eigenvalue weighted by atomic mass is 16.6. The standard InChI is InChI=1S/C15H23NO3/c1-5-6-13(11-7-9-12(17)10-8-11)16-14(18)19-15(2,3)4/h7-10,13,17H,5-6H2,1-4H3,(H,16,18). The number of hydrogen-bond donors (Lipinski definition) is 2. The van der Waals surface area contributed by atoms with Crippen LogP contribution in [0.25, 0.3) is 0 Å². The van der Waals surface area contributed by atoms with Crippen molar-refractivity contribution >= 4 is 6.09 Å². The summed E-state index contributed by atoms with van der Waals surface area (Å²) in [6.07, 6.45) is 1.35. The lowest BCUT2D eigenvalue weighted by atomic mass is 10.0. The molecular weight excluding hydrogens is 242 g/mol. The van der Waals surface area contributed by atoms with Crippen LogP contribution < -0.4 is 5.32 Å². The summed E-state index contributed by atoms with van der Waals surface area (Å²) in [5.74, 6) is 0.219. The van der Waals surface area contributed by atoms with Crippen molar-refractivity contribution in [2.24, 2.45) is 0 Å². The monoisotopic (exact) mass is 265 g/mol. The Labute approximate surface area is 114 Å². The molecule has 0 aliphatic heterocycles. The lowest BCUT2D eigenvalue weighted by molar-refractivity contribution is 0.0501. The number of carbonyl (C=O) groups excluding carboxylic acids is 1. The summed E-state index contributed by atoms with van der Waals surface area (Å²) in [7, 11) is 0. The fourth-order valence-electron chi connectivity index (χ4n) is 1.77. The van der Waals surface area contributed by atoms with Gasteiger partial charge in [-0.2, -0.15) is 0 Å². The SMILES string of the molecule is CCCC(NC(=O)OC(C)(C)C)c1ccc(O)cc1. The molecular formula is C15H23NO3. The maximum atomic E-state index is 11.8. The Kier molecular flexibility index (Phi) is 5.21. The Morgan fingerprint density at radius 1 is 1.32 bits per heavy atom. The van der Waals surface area contributed by atoms with Gasteiger partial charge in [0.15, 0.2) is 0 Å². The zero-order valence-electron chi connectivity index (χ0n) is 12.1. The number of amides is 1. The Morgan fingerprint density at radius 2 is 1.89 bits per heavy atom. The predicted molar refractivity (Wildman–Crippen MR) is 75.1 cm³/mol. The Morgan fingerprint density at radius 3 is 2.37 bits per heavy atom. The summed E-state index contributed by atoms with van der Waals surface area (Å²) in [6, 6.07) is 6.77. The van der Waals surface area contributed by atoms with Crippen molar-refractivity contribution in [3.8, 4) is 5.75 Å². The van der Waals surface area contributed by atoms with Crippen LogP contribution in [0, 0.1) is 0 Å². The van der Waals surface area contributed by atoms with Gasteiger partial charge in [0.1, 0.15) is 11.4 Å². The average Bonchev–Trinajstić information content (AvgIpc) is 2.27. The van der Waals surface area contributed by atoms with Crippen LogP contribution in [-0.4, -0.2) is 16.8 Å². The molecule has 4 heteroatoms. The zero-order chi connectivity index (χ0) is 14.5. The molecule has 0 saturated carbocycles. The van der Waals surface area contributed by atoms with E-state index in [4.69, 9.17) is 4.74 Å². The smallest absolute Gasteiger partial charge is 0.408 e. The second-order valence-corrected chi connectivity index (χ2v) is 5.58. The Bertz CT molecular complexity index is 406. The number of hydrogen-bond acceptors (Lipinski definition) is 3. The van der Waals surface area contributed by atoms with Crippen LogP contribution in [0.2, 0.25) is 0 Å². The minimum absolute atomic E-state index is 0.0968. The van der Waals surface area contributed by atoms with Crippen LogP contribution in [0.4, 0.5) is 4.79 Å². The molecule has 0 aliphatic carbocycles. The summed E-state index contributed by atoms with van der Waals surface area (Å²) in [5.41, 5.74) is 0.459. The second-order valence-electron chi connectivity index (χ2n) is 5.58. The van der Waals surface area contributed by atoms with Gasteiger partial charge in [0.2, 0.25) is 0 Å². The average molecular weight is 265 g/mol. The number of carbonyl (C=O) groups is 1. The molecule has 0 heterocycles. The van der Waals surface area contributed by atoms with Crippen molar-refractivity contribution in [2.45, 2.75) is 52.2 Å². The van der Waals surface area contributed by atoms with E-state index in [-0.39, 0.29) is 11.8 Å². The third-order valence-electron chi connectivity index (χ3n) is 2.56. The molecule has 1 amide bonds. The number of ether oxygens (including phenoxy) is 1. The minimum Gasteiger partial charge on any atom is -0.508 e. The summed E-state index contributed by atoms with van der Waals surface area (Å²) in [5, 5.41) is 12.2. The zero-order valence-corrected chi connectivity index (χ0v) is 12.1. The number of benzene rings is 1. The second kappa shape index (κ2) is 6.45. The van der Waals surface area contributed by atoms with Crippen molar-refractivity contribution in [2.75, 3.05) is 0 Å². The highest BCUT2D eigenvalue weighted by Gasteiger charge is 2.20. The molecule has 0 bridgehead atoms. The van der Waals surface area contributed by atoms with Gasteiger partial charge in [-0.05, 0) is 44.9 Å². The molecule has 1 unspecified atom stereocenters. The number of phenols is 1. The van der Waals surface area contributed by atoms with E-state index in [0.717, 1.165) is 18.4 Å². The van der Waals surface area contributed by atoms with Gasteiger partial charge in [-0.25, -0.2) is 4.79 Å². The topological polar surface area (TPSA) is 58.6 Å². The van der Waals surface area contributed by atoms with E-state index in [0.29, 0.717) is 0 Å². The number of phenolic OH excluding ortho intramolecular Hbond substituents is 1. The van der Waals surface area contributed by atoms with E-state index < -0.39 is 11.7 Å². The fourth-order valence-corrected chi connectivity index (χ4v) is 1.77. The van der Waals surface area contributed by atoms with Gasteiger partial charge in [-0.1, -0.05) is 25.5 Å². The van der Waals surface area contributed by atoms with Crippen LogP contribution in [0.15, 0.2) is 24.3 Å². The lowest BCUT2D eigenvalue weighted by Crippen LogP contribution is -2.34. The van der Waals surface area contributed by atoms with Gasteiger partial charge in [-0.3, -0.25) is 0 Å². The maximum absolute atomic E-state index is 11.8. The van der Waals surface area contributed by atoms with Gasteiger partial charge in [0.25, 0.3) is 0 Å². The molecule has 0 radical (unpaired) electrons. The Balaban J connectivity index is 2.73. The molecule has 0 aliphatic rings. The van der Waals surface area contributed by atoms with Crippen molar-refractivity contribution in [3.63, 3.8) is 0 Å². The molecule has 2 N–H and O–H groups in total. The molecule has 106 valence electrons. The van der Waals surface area contributed by atoms with Crippen molar-refractivity contribution < 1.29 is 14.6 Å². The third-order valence-corrected chi connectivity index (χ3v) is 2.56. The highest BCUT2D eigenvalue weighted by molar-refractivity contribution is 5.68. The molecule has 1 rings (SSSR count). The number of nitrogens with one attached hydrogen (secondary N) is 1. The number of aromatic hydroxyl groups is 1. The molecule has 0 aromatic heterocycles. The van der Waals surface area contributed by atoms with Gasteiger partial charge < -0.3 is 15.2 Å². The van der Waals surface area contributed by atoms with Crippen molar-refractivity contribution in [1.29, 1.82) is 0 Å². The van der Waals surface area contributed by atoms with Gasteiger partial charge in [0.05, 0.1) is 6.04 Å². The highest BCUT2D eigenvalue weighted by Crippen LogP contribution is 2.21. The van der Waals surface area contributed by atoms with Gasteiger partial charge in [0, 0.05) is 0 Å². The normalized spacial score (nSPS) is 12.8. The summed E-state index contributed by atoms with van der Waals surface area (Å²) >= 11 is 0. The van der Waals surface area contributed by atoms with Crippen LogP contribution in [0.5, 0.6) is 5.75 Å². The van der Waals surface area contributed by atoms with E-state index in [2.05, 4.69) is 12.2 Å². The third kappa shape index (κ3) is 5.64. The molecule has 0 saturated heterocycles. The lowest BCUT2D eigenvalue weighted by Gasteiger charge is -2.23. The first-order valence-corrected chi connectivity index (χ1v) is 6.60. The molecule has 0 spiro atoms. The van der Waals surface area contributed by atoms with E-state index in [1.165, 1.54) is 0 Å². The fraction of sp³-hybridized carbons (Fsp3) is 0.533. The number of alkyl carbamates (subject to hydrolysis) is 1. The van der Waals surface area contributed by atoms with Crippen LogP contribution >= 0.6 is 0 Å². The first-order valence-electron chi connectivity index (χ1n) is 6.60. The quantitative estimate of drug-likeness (QED) is 0.871. The summed E-state index contributed by atoms with van der Waals surface area (Å²) < 4.78 is 5.26. The largest absolute Gasteiger partial charge is 0.508 e. The van der Waals surface area contributed by atoms with E-state index in [9.17, 15) is 9.90 Å². The van der Waals surface area contributed by atoms with Crippen molar-refractivity contribution in [3.05, 3.63) is 29.8 Å². The summed E-state index contributed by atoms with van der Waals surface area (Å²) in [4.78, 5) is 11.8. The van der Waals surface area contributed by atoms with E-state index in [1.807, 2.05) is 32.9 Å². The molecule has 1 aromatic rings. The molecule has 1 atom stereocenters. The molecule has 19 heavy (non-hydrogen) atoms. The van der Waals surface area contributed by atoms with Gasteiger partial charge >= 0.3 is 6.09 Å². The first kappa shape index (κ1) is 15.3. The van der Waals surface area contributed by atoms with Crippen LogP contribution in [0.3, 0.4) is 0 Å². The minimum atomic E-state index is -0.504. The van der Waals surface area contributed by atoms with Crippen LogP contribution in [0.1, 0.15) is 52.1 Å². The summed E-state index contributed by atoms with van der Waals surface area (Å²) in [6.45, 7) is 7.57. The maximum Gasteiger partial charge on any atom is 0.408 e. The number of rotatable bonds is 4. The molecule has 4 nitrogen and oxygen atoms in total. The first-order chi connectivity index (χ1) is 8.81. The van der Waals surface area contributed by atoms with E-state index >= 15 is 0 Å². The van der Waals surface area contributed by atoms with E-state index in [1.54, 1.807) is 12.1 Å². The van der Waals surface area contributed by atoms with Crippen molar-refractivity contribution in [1.82, 2.24) is 5.32 Å². The predicted octanol–water partition coefficient (Wildman–Crippen LogP) is 3.76.